The molecular formula is C15H21N7O2. The summed E-state index contributed by atoms with van der Waals surface area (Å²) in [4.78, 5) is 16.2. The van der Waals surface area contributed by atoms with Gasteiger partial charge in [0.2, 0.25) is 0 Å². The van der Waals surface area contributed by atoms with Crippen LogP contribution < -0.4 is 10.2 Å². The average molecular weight is 331 g/mol. The first-order valence-electron chi connectivity index (χ1n) is 8.38. The summed E-state index contributed by atoms with van der Waals surface area (Å²) in [5, 5.41) is 15.8. The predicted molar refractivity (Wildman–Crippen MR) is 86.9 cm³/mol. The molecule has 2 aliphatic rings. The zero-order valence-corrected chi connectivity index (χ0v) is 13.5. The first-order valence-corrected chi connectivity index (χ1v) is 8.38. The summed E-state index contributed by atoms with van der Waals surface area (Å²) in [7, 11) is 0. The number of fused-ring (bicyclic) bond motifs is 1. The van der Waals surface area contributed by atoms with Crippen molar-refractivity contribution in [2.75, 3.05) is 44.3 Å². The van der Waals surface area contributed by atoms with Crippen molar-refractivity contribution in [2.45, 2.75) is 19.4 Å². The van der Waals surface area contributed by atoms with Gasteiger partial charge >= 0.3 is 6.03 Å². The molecule has 0 aromatic carbocycles. The highest BCUT2D eigenvalue weighted by molar-refractivity contribution is 5.74. The molecule has 0 bridgehead atoms. The molecule has 0 unspecified atom stereocenters. The summed E-state index contributed by atoms with van der Waals surface area (Å²) in [6.45, 7) is 4.76. The Kier molecular flexibility index (Phi) is 4.16. The zero-order chi connectivity index (χ0) is 16.4. The highest BCUT2D eigenvalue weighted by Gasteiger charge is 2.18. The number of hydrogen-bond donors (Lipinski definition) is 1. The Hall–Kier alpha value is -2.42. The minimum atomic E-state index is -0.106. The summed E-state index contributed by atoms with van der Waals surface area (Å²) in [5.74, 6) is 1.56. The predicted octanol–water partition coefficient (Wildman–Crippen LogP) is 0.266. The maximum atomic E-state index is 12.2. The lowest BCUT2D eigenvalue weighted by molar-refractivity contribution is 0.0531. The van der Waals surface area contributed by atoms with Crippen LogP contribution in [-0.4, -0.2) is 70.1 Å². The Balaban J connectivity index is 1.47. The number of rotatable bonds is 3. The standard InChI is InChI=1S/C15H21N7O2/c23-15(21-7-9-24-10-8-21)16-11-14-18-17-12-3-4-13(19-22(12)14)20-5-1-2-6-20/h3-4H,1-2,5-11H2,(H,16,23). The van der Waals surface area contributed by atoms with Crippen LogP contribution in [0.15, 0.2) is 12.1 Å². The van der Waals surface area contributed by atoms with Crippen LogP contribution in [0.25, 0.3) is 5.65 Å². The fourth-order valence-electron chi connectivity index (χ4n) is 3.08. The quantitative estimate of drug-likeness (QED) is 0.868. The molecule has 0 spiro atoms. The Morgan fingerprint density at radius 3 is 2.71 bits per heavy atom. The normalized spacial score (nSPS) is 18.3. The molecule has 2 aromatic heterocycles. The summed E-state index contributed by atoms with van der Waals surface area (Å²) in [6.07, 6.45) is 2.40. The fourth-order valence-corrected chi connectivity index (χ4v) is 3.08. The van der Waals surface area contributed by atoms with Gasteiger partial charge < -0.3 is 19.9 Å². The van der Waals surface area contributed by atoms with Crippen LogP contribution >= 0.6 is 0 Å². The van der Waals surface area contributed by atoms with Gasteiger partial charge in [0.25, 0.3) is 0 Å². The molecule has 1 N–H and O–H groups in total. The van der Waals surface area contributed by atoms with Gasteiger partial charge in [-0.3, -0.25) is 0 Å². The second-order valence-electron chi connectivity index (χ2n) is 6.03. The molecule has 0 radical (unpaired) electrons. The van der Waals surface area contributed by atoms with Crippen LogP contribution in [0.2, 0.25) is 0 Å². The van der Waals surface area contributed by atoms with E-state index in [1.54, 1.807) is 9.42 Å². The van der Waals surface area contributed by atoms with E-state index < -0.39 is 0 Å². The molecule has 4 heterocycles. The SMILES string of the molecule is O=C(NCc1nnc2ccc(N3CCCC3)nn12)N1CCOCC1. The maximum Gasteiger partial charge on any atom is 0.317 e. The van der Waals surface area contributed by atoms with Gasteiger partial charge in [-0.15, -0.1) is 15.3 Å². The lowest BCUT2D eigenvalue weighted by Gasteiger charge is -2.26. The van der Waals surface area contributed by atoms with Crippen molar-refractivity contribution in [1.29, 1.82) is 0 Å². The van der Waals surface area contributed by atoms with Crippen LogP contribution in [0.1, 0.15) is 18.7 Å². The first kappa shape index (κ1) is 15.1. The molecule has 2 fully saturated rings. The van der Waals surface area contributed by atoms with E-state index in [0.29, 0.717) is 44.3 Å². The Morgan fingerprint density at radius 1 is 1.12 bits per heavy atom. The van der Waals surface area contributed by atoms with E-state index in [1.807, 2.05) is 12.1 Å². The second kappa shape index (κ2) is 6.60. The highest BCUT2D eigenvalue weighted by atomic mass is 16.5. The highest BCUT2D eigenvalue weighted by Crippen LogP contribution is 2.18. The van der Waals surface area contributed by atoms with E-state index in [9.17, 15) is 4.79 Å². The van der Waals surface area contributed by atoms with Crippen molar-refractivity contribution in [3.8, 4) is 0 Å². The van der Waals surface area contributed by atoms with Crippen molar-refractivity contribution >= 4 is 17.5 Å². The minimum Gasteiger partial charge on any atom is -0.378 e. The number of nitrogens with zero attached hydrogens (tertiary/aromatic N) is 6. The van der Waals surface area contributed by atoms with Gasteiger partial charge in [0.05, 0.1) is 19.8 Å². The summed E-state index contributed by atoms with van der Waals surface area (Å²) >= 11 is 0. The molecule has 2 saturated heterocycles. The maximum absolute atomic E-state index is 12.2. The Morgan fingerprint density at radius 2 is 1.92 bits per heavy atom. The average Bonchev–Trinajstić information content (AvgIpc) is 3.30. The number of amides is 2. The number of carbonyl (C=O) groups is 1. The van der Waals surface area contributed by atoms with E-state index >= 15 is 0 Å². The summed E-state index contributed by atoms with van der Waals surface area (Å²) in [5.41, 5.74) is 0.688. The third-order valence-electron chi connectivity index (χ3n) is 4.44. The van der Waals surface area contributed by atoms with E-state index in [0.717, 1.165) is 18.9 Å². The van der Waals surface area contributed by atoms with Gasteiger partial charge in [-0.1, -0.05) is 0 Å². The lowest BCUT2D eigenvalue weighted by atomic mass is 10.4. The molecule has 4 rings (SSSR count). The topological polar surface area (TPSA) is 87.9 Å². The number of ether oxygens (including phenoxy) is 1. The van der Waals surface area contributed by atoms with Crippen molar-refractivity contribution in [1.82, 2.24) is 30.0 Å². The molecule has 2 amide bonds. The minimum absolute atomic E-state index is 0.106. The van der Waals surface area contributed by atoms with Gasteiger partial charge in [0, 0.05) is 26.2 Å². The smallest absolute Gasteiger partial charge is 0.317 e. The van der Waals surface area contributed by atoms with E-state index in [2.05, 4.69) is 25.5 Å². The zero-order valence-electron chi connectivity index (χ0n) is 13.5. The molecule has 9 heteroatoms. The first-order chi connectivity index (χ1) is 11.8. The van der Waals surface area contributed by atoms with Crippen LogP contribution in [0.4, 0.5) is 10.6 Å². The van der Waals surface area contributed by atoms with Crippen molar-refractivity contribution in [2.24, 2.45) is 0 Å². The van der Waals surface area contributed by atoms with Crippen LogP contribution in [0.3, 0.4) is 0 Å². The lowest BCUT2D eigenvalue weighted by Crippen LogP contribution is -2.46. The third kappa shape index (κ3) is 2.99. The monoisotopic (exact) mass is 331 g/mol. The van der Waals surface area contributed by atoms with Crippen LogP contribution in [0.5, 0.6) is 0 Å². The molecule has 128 valence electrons. The molecule has 0 aliphatic carbocycles. The molecule has 2 aliphatic heterocycles. The van der Waals surface area contributed by atoms with Crippen molar-refractivity contribution < 1.29 is 9.53 Å². The van der Waals surface area contributed by atoms with Crippen molar-refractivity contribution in [3.05, 3.63) is 18.0 Å². The van der Waals surface area contributed by atoms with E-state index in [4.69, 9.17) is 4.74 Å². The number of urea groups is 1. The number of carbonyl (C=O) groups excluding carboxylic acids is 1. The van der Waals surface area contributed by atoms with Crippen LogP contribution in [0, 0.1) is 0 Å². The number of morpholine rings is 1. The molecule has 2 aromatic rings. The fraction of sp³-hybridized carbons (Fsp3) is 0.600. The Labute approximate surface area is 139 Å². The molecular weight excluding hydrogens is 310 g/mol. The third-order valence-corrected chi connectivity index (χ3v) is 4.44. The molecule has 24 heavy (non-hydrogen) atoms. The van der Waals surface area contributed by atoms with E-state index in [-0.39, 0.29) is 6.03 Å². The van der Waals surface area contributed by atoms with Gasteiger partial charge in [-0.2, -0.15) is 4.52 Å². The molecule has 0 atom stereocenters. The van der Waals surface area contributed by atoms with Gasteiger partial charge in [-0.05, 0) is 25.0 Å². The number of nitrogens with one attached hydrogen (secondary N) is 1. The van der Waals surface area contributed by atoms with Gasteiger partial charge in [0.15, 0.2) is 11.5 Å². The Bertz CT molecular complexity index is 720. The summed E-state index contributed by atoms with van der Waals surface area (Å²) < 4.78 is 6.97. The van der Waals surface area contributed by atoms with Gasteiger partial charge in [0.1, 0.15) is 5.82 Å². The number of anilines is 1. The largest absolute Gasteiger partial charge is 0.378 e. The summed E-state index contributed by atoms with van der Waals surface area (Å²) in [6, 6.07) is 3.79. The second-order valence-corrected chi connectivity index (χ2v) is 6.03. The van der Waals surface area contributed by atoms with Crippen LogP contribution in [-0.2, 0) is 11.3 Å². The van der Waals surface area contributed by atoms with Gasteiger partial charge in [-0.25, -0.2) is 4.79 Å². The molecule has 9 nitrogen and oxygen atoms in total. The number of aromatic nitrogens is 4. The number of hydrogen-bond acceptors (Lipinski definition) is 6. The van der Waals surface area contributed by atoms with E-state index in [1.165, 1.54) is 12.8 Å². The van der Waals surface area contributed by atoms with Crippen molar-refractivity contribution in [3.63, 3.8) is 0 Å². The molecule has 0 saturated carbocycles.